The highest BCUT2D eigenvalue weighted by atomic mass is 31.2. The third-order valence-electron chi connectivity index (χ3n) is 5.41. The Kier molecular flexibility index (Phi) is 5.69. The van der Waals surface area contributed by atoms with Crippen LogP contribution in [0.2, 0.25) is 0 Å². The maximum Gasteiger partial charge on any atom is 0.261 e. The first-order chi connectivity index (χ1) is 12.3. The Morgan fingerprint density at radius 2 is 1.42 bits per heavy atom. The molecule has 0 spiro atoms. The van der Waals surface area contributed by atoms with Crippen LogP contribution >= 0.6 is 7.37 Å². The molecule has 2 nitrogen and oxygen atoms in total. The molecule has 0 unspecified atom stereocenters. The second kappa shape index (κ2) is 7.66. The average Bonchev–Trinajstić information content (AvgIpc) is 2.64. The van der Waals surface area contributed by atoms with E-state index in [-0.39, 0.29) is 5.41 Å². The van der Waals surface area contributed by atoms with Crippen LogP contribution in [-0.2, 0) is 9.09 Å². The van der Waals surface area contributed by atoms with Crippen molar-refractivity contribution in [3.8, 4) is 0 Å². The Morgan fingerprint density at radius 1 is 0.923 bits per heavy atom. The van der Waals surface area contributed by atoms with Gasteiger partial charge in [-0.15, -0.1) is 0 Å². The minimum Gasteiger partial charge on any atom is -0.316 e. The predicted molar refractivity (Wildman–Crippen MR) is 106 cm³/mol. The second-order valence-corrected chi connectivity index (χ2v) is 10.6. The Hall–Kier alpha value is -1.44. The van der Waals surface area contributed by atoms with Crippen LogP contribution in [0.1, 0.15) is 40.0 Å². The Balaban J connectivity index is 1.87. The van der Waals surface area contributed by atoms with Crippen molar-refractivity contribution in [2.45, 2.75) is 52.3 Å². The Morgan fingerprint density at radius 3 is 1.85 bits per heavy atom. The molecule has 0 N–H and O–H groups in total. The fraction of sp³-hybridized carbons (Fsp3) is 0.455. The lowest BCUT2D eigenvalue weighted by atomic mass is 9.71. The Bertz CT molecular complexity index is 711. The molecular formula is C22H28FO2P. The summed E-state index contributed by atoms with van der Waals surface area (Å²) in [5, 5.41) is 1.24. The van der Waals surface area contributed by atoms with Crippen molar-refractivity contribution in [1.29, 1.82) is 0 Å². The third-order valence-corrected chi connectivity index (χ3v) is 7.94. The average molecular weight is 374 g/mol. The molecule has 0 aliphatic heterocycles. The molecule has 1 fully saturated rings. The van der Waals surface area contributed by atoms with Gasteiger partial charge in [0.25, 0.3) is 7.37 Å². The van der Waals surface area contributed by atoms with E-state index in [9.17, 15) is 8.96 Å². The molecule has 2 aromatic carbocycles. The zero-order valence-electron chi connectivity index (χ0n) is 15.8. The van der Waals surface area contributed by atoms with E-state index in [2.05, 4.69) is 20.8 Å². The summed E-state index contributed by atoms with van der Waals surface area (Å²) in [5.41, 5.74) is 0.0812. The van der Waals surface area contributed by atoms with Gasteiger partial charge < -0.3 is 4.52 Å². The second-order valence-electron chi connectivity index (χ2n) is 8.26. The lowest BCUT2D eigenvalue weighted by Gasteiger charge is -2.39. The number of rotatable bonds is 4. The van der Waals surface area contributed by atoms with Crippen LogP contribution in [0, 0.1) is 11.3 Å². The molecule has 0 bridgehead atoms. The highest BCUT2D eigenvalue weighted by Gasteiger charge is 2.41. The summed E-state index contributed by atoms with van der Waals surface area (Å²) in [7, 11) is -3.33. The quantitative estimate of drug-likeness (QED) is 0.662. The van der Waals surface area contributed by atoms with Crippen LogP contribution in [0.4, 0.5) is 4.39 Å². The van der Waals surface area contributed by atoms with Gasteiger partial charge in [-0.2, -0.15) is 0 Å². The molecule has 1 saturated carbocycles. The van der Waals surface area contributed by atoms with Gasteiger partial charge in [0.05, 0.1) is 6.10 Å². The van der Waals surface area contributed by atoms with Gasteiger partial charge in [0.2, 0.25) is 0 Å². The minimum atomic E-state index is -3.33. The summed E-state index contributed by atoms with van der Waals surface area (Å²) in [6, 6.07) is 18.4. The Labute approximate surface area is 156 Å². The zero-order chi connectivity index (χ0) is 18.8. The van der Waals surface area contributed by atoms with Gasteiger partial charge in [-0.3, -0.25) is 4.57 Å². The first-order valence-corrected chi connectivity index (χ1v) is 11.0. The number of hydrogen-bond donors (Lipinski definition) is 0. The van der Waals surface area contributed by atoms with Gasteiger partial charge in [0, 0.05) is 10.6 Å². The van der Waals surface area contributed by atoms with Crippen molar-refractivity contribution in [2.24, 2.45) is 11.3 Å². The van der Waals surface area contributed by atoms with Gasteiger partial charge in [-0.05, 0) is 54.9 Å². The van der Waals surface area contributed by atoms with Gasteiger partial charge in [0.1, 0.15) is 6.17 Å². The molecule has 3 atom stereocenters. The predicted octanol–water partition coefficient (Wildman–Crippen LogP) is 5.49. The third kappa shape index (κ3) is 4.10. The lowest BCUT2D eigenvalue weighted by molar-refractivity contribution is 0.0183. The van der Waals surface area contributed by atoms with Crippen molar-refractivity contribution in [3.63, 3.8) is 0 Å². The normalized spacial score (nSPS) is 24.4. The van der Waals surface area contributed by atoms with Crippen LogP contribution < -0.4 is 10.6 Å². The van der Waals surface area contributed by atoms with E-state index in [0.29, 0.717) is 29.4 Å². The first kappa shape index (κ1) is 19.3. The molecule has 26 heavy (non-hydrogen) atoms. The van der Waals surface area contributed by atoms with Crippen molar-refractivity contribution >= 4 is 18.0 Å². The summed E-state index contributed by atoms with van der Waals surface area (Å²) in [5.74, 6) is 0.324. The van der Waals surface area contributed by atoms with Gasteiger partial charge in [-0.1, -0.05) is 57.2 Å². The fourth-order valence-corrected chi connectivity index (χ4v) is 5.99. The maximum absolute atomic E-state index is 14.9. The van der Waals surface area contributed by atoms with E-state index in [1.165, 1.54) is 0 Å². The topological polar surface area (TPSA) is 26.3 Å². The zero-order valence-corrected chi connectivity index (χ0v) is 16.7. The van der Waals surface area contributed by atoms with E-state index in [1.807, 2.05) is 60.7 Å². The molecule has 0 radical (unpaired) electrons. The first-order valence-electron chi connectivity index (χ1n) is 9.34. The molecule has 0 amide bonds. The smallest absolute Gasteiger partial charge is 0.261 e. The standard InChI is InChI=1S/C22H28FO2P/c1-22(2,3)17-14-15-21(20(23)16-17)25-26(24,18-10-6-4-7-11-18)19-12-8-5-9-13-19/h4-13,17,20-21H,14-16H2,1-3H3/t17-,20-,21-/m0/s1. The number of alkyl halides is 1. The molecule has 0 heterocycles. The molecule has 1 aliphatic rings. The van der Waals surface area contributed by atoms with Crippen LogP contribution in [-0.4, -0.2) is 12.3 Å². The molecule has 140 valence electrons. The highest BCUT2D eigenvalue weighted by molar-refractivity contribution is 7.74. The molecule has 4 heteroatoms. The summed E-state index contributed by atoms with van der Waals surface area (Å²) < 4.78 is 35.0. The monoisotopic (exact) mass is 374 g/mol. The van der Waals surface area contributed by atoms with E-state index in [0.717, 1.165) is 6.42 Å². The van der Waals surface area contributed by atoms with Gasteiger partial charge >= 0.3 is 0 Å². The van der Waals surface area contributed by atoms with Crippen LogP contribution in [0.25, 0.3) is 0 Å². The van der Waals surface area contributed by atoms with E-state index in [1.54, 1.807) is 0 Å². The number of benzene rings is 2. The minimum absolute atomic E-state index is 0.0812. The molecule has 0 saturated heterocycles. The molecule has 0 aromatic heterocycles. The van der Waals surface area contributed by atoms with Crippen LogP contribution in [0.15, 0.2) is 60.7 Å². The summed E-state index contributed by atoms with van der Waals surface area (Å²) in [4.78, 5) is 0. The van der Waals surface area contributed by atoms with Gasteiger partial charge in [0.15, 0.2) is 0 Å². The molecule has 2 aromatic rings. The maximum atomic E-state index is 14.9. The molecular weight excluding hydrogens is 346 g/mol. The van der Waals surface area contributed by atoms with Crippen molar-refractivity contribution in [3.05, 3.63) is 60.7 Å². The largest absolute Gasteiger partial charge is 0.316 e. The van der Waals surface area contributed by atoms with Crippen LogP contribution in [0.5, 0.6) is 0 Å². The van der Waals surface area contributed by atoms with Crippen molar-refractivity contribution < 1.29 is 13.5 Å². The van der Waals surface area contributed by atoms with E-state index < -0.39 is 19.6 Å². The van der Waals surface area contributed by atoms with E-state index in [4.69, 9.17) is 4.52 Å². The lowest BCUT2D eigenvalue weighted by Crippen LogP contribution is -2.38. The summed E-state index contributed by atoms with van der Waals surface area (Å²) in [6.07, 6.45) is 0.261. The molecule has 1 aliphatic carbocycles. The van der Waals surface area contributed by atoms with Crippen molar-refractivity contribution in [2.75, 3.05) is 0 Å². The van der Waals surface area contributed by atoms with Crippen LogP contribution in [0.3, 0.4) is 0 Å². The summed E-state index contributed by atoms with van der Waals surface area (Å²) in [6.45, 7) is 6.47. The van der Waals surface area contributed by atoms with Crippen molar-refractivity contribution in [1.82, 2.24) is 0 Å². The van der Waals surface area contributed by atoms with E-state index >= 15 is 0 Å². The van der Waals surface area contributed by atoms with Gasteiger partial charge in [-0.25, -0.2) is 4.39 Å². The molecule has 3 rings (SSSR count). The number of hydrogen-bond acceptors (Lipinski definition) is 2. The number of halogens is 1. The summed E-state index contributed by atoms with van der Waals surface area (Å²) >= 11 is 0. The fourth-order valence-electron chi connectivity index (χ4n) is 3.70. The SMILES string of the molecule is CC(C)(C)[C@H]1CC[C@H](OP(=O)(c2ccccc2)c2ccccc2)[C@@H](F)C1. The highest BCUT2D eigenvalue weighted by Crippen LogP contribution is 2.50.